The zero-order valence-electron chi connectivity index (χ0n) is 15.0. The Balaban J connectivity index is 0.00000243. The lowest BCUT2D eigenvalue weighted by molar-refractivity contribution is -0.117. The topological polar surface area (TPSA) is 75.4 Å². The first-order chi connectivity index (χ1) is 12.0. The van der Waals surface area contributed by atoms with Crippen molar-refractivity contribution in [3.63, 3.8) is 0 Å². The molecule has 1 aliphatic heterocycles. The van der Waals surface area contributed by atoms with Crippen molar-refractivity contribution in [2.24, 2.45) is 0 Å². The molecule has 0 saturated carbocycles. The van der Waals surface area contributed by atoms with Crippen molar-refractivity contribution in [2.75, 3.05) is 17.2 Å². The summed E-state index contributed by atoms with van der Waals surface area (Å²) in [4.78, 5) is 26.1. The first-order valence-electron chi connectivity index (χ1n) is 8.53. The number of nitrogens with zero attached hydrogens (tertiary/aromatic N) is 1. The third kappa shape index (κ3) is 4.17. The lowest BCUT2D eigenvalue weighted by Crippen LogP contribution is -2.27. The minimum atomic E-state index is -0.143. The Morgan fingerprint density at radius 2 is 1.88 bits per heavy atom. The molecule has 0 radical (unpaired) electrons. The molecule has 1 fully saturated rings. The van der Waals surface area contributed by atoms with Crippen LogP contribution in [0.2, 0.25) is 0 Å². The Kier molecular flexibility index (Phi) is 6.27. The van der Waals surface area contributed by atoms with Crippen LogP contribution >= 0.6 is 12.4 Å². The van der Waals surface area contributed by atoms with Gasteiger partial charge in [0, 0.05) is 29.9 Å². The largest absolute Gasteiger partial charge is 0.399 e. The first-order valence-corrected chi connectivity index (χ1v) is 8.53. The molecule has 2 amide bonds. The van der Waals surface area contributed by atoms with Gasteiger partial charge in [0.15, 0.2) is 0 Å². The minimum absolute atomic E-state index is 0. The molecule has 5 nitrogen and oxygen atoms in total. The number of aryl methyl sites for hydroxylation is 1. The average Bonchev–Trinajstić information content (AvgIpc) is 3.03. The van der Waals surface area contributed by atoms with Gasteiger partial charge in [0.1, 0.15) is 0 Å². The highest BCUT2D eigenvalue weighted by Gasteiger charge is 2.21. The number of hydrogen-bond donors (Lipinski definition) is 2. The van der Waals surface area contributed by atoms with Gasteiger partial charge in [0.2, 0.25) is 5.91 Å². The molecule has 3 rings (SSSR count). The number of carbonyl (C=O) groups excluding carboxylic acids is 2. The molecule has 0 aliphatic carbocycles. The van der Waals surface area contributed by atoms with E-state index in [2.05, 4.69) is 5.32 Å². The fourth-order valence-corrected chi connectivity index (χ4v) is 3.11. The molecule has 6 heteroatoms. The average molecular weight is 374 g/mol. The van der Waals surface area contributed by atoms with Gasteiger partial charge in [-0.1, -0.05) is 18.2 Å². The number of hydrogen-bond acceptors (Lipinski definition) is 3. The van der Waals surface area contributed by atoms with E-state index in [-0.39, 0.29) is 30.3 Å². The van der Waals surface area contributed by atoms with Crippen LogP contribution in [0.5, 0.6) is 0 Å². The summed E-state index contributed by atoms with van der Waals surface area (Å²) in [6, 6.07) is 13.0. The number of benzene rings is 2. The fourth-order valence-electron chi connectivity index (χ4n) is 3.11. The molecule has 1 atom stereocenters. The number of nitrogens with one attached hydrogen (secondary N) is 1. The van der Waals surface area contributed by atoms with Crippen molar-refractivity contribution >= 4 is 35.6 Å². The molecule has 1 heterocycles. The molecule has 3 N–H and O–H groups in total. The number of nitrogens with two attached hydrogens (primary N) is 1. The van der Waals surface area contributed by atoms with Gasteiger partial charge in [-0.3, -0.25) is 9.59 Å². The second kappa shape index (κ2) is 8.23. The summed E-state index contributed by atoms with van der Waals surface area (Å²) in [6.07, 6.45) is 1.53. The Hall–Kier alpha value is -2.53. The van der Waals surface area contributed by atoms with Crippen molar-refractivity contribution in [1.82, 2.24) is 5.32 Å². The number of halogens is 1. The van der Waals surface area contributed by atoms with Gasteiger partial charge in [-0.05, 0) is 55.7 Å². The van der Waals surface area contributed by atoms with Crippen LogP contribution in [0, 0.1) is 6.92 Å². The van der Waals surface area contributed by atoms with Gasteiger partial charge in [-0.25, -0.2) is 0 Å². The molecule has 2 aromatic rings. The van der Waals surface area contributed by atoms with E-state index in [9.17, 15) is 9.59 Å². The summed E-state index contributed by atoms with van der Waals surface area (Å²) in [5.74, 6) is 0.0299. The zero-order chi connectivity index (χ0) is 18.0. The van der Waals surface area contributed by atoms with Crippen LogP contribution in [-0.4, -0.2) is 18.4 Å². The maximum Gasteiger partial charge on any atom is 0.252 e. The molecular weight excluding hydrogens is 350 g/mol. The number of amides is 2. The molecule has 0 spiro atoms. The monoisotopic (exact) mass is 373 g/mol. The number of carbonyl (C=O) groups is 2. The third-order valence-electron chi connectivity index (χ3n) is 4.63. The highest BCUT2D eigenvalue weighted by Crippen LogP contribution is 2.24. The highest BCUT2D eigenvalue weighted by molar-refractivity contribution is 5.97. The summed E-state index contributed by atoms with van der Waals surface area (Å²) >= 11 is 0. The number of anilines is 2. The summed E-state index contributed by atoms with van der Waals surface area (Å²) < 4.78 is 0. The van der Waals surface area contributed by atoms with E-state index in [0.29, 0.717) is 17.7 Å². The first kappa shape index (κ1) is 19.8. The molecule has 2 aromatic carbocycles. The second-order valence-corrected chi connectivity index (χ2v) is 6.51. The molecule has 1 saturated heterocycles. The van der Waals surface area contributed by atoms with Gasteiger partial charge < -0.3 is 16.0 Å². The van der Waals surface area contributed by atoms with Crippen molar-refractivity contribution < 1.29 is 9.59 Å². The Morgan fingerprint density at radius 1 is 1.19 bits per heavy atom. The van der Waals surface area contributed by atoms with Crippen molar-refractivity contribution in [1.29, 1.82) is 0 Å². The van der Waals surface area contributed by atoms with Crippen LogP contribution in [0.1, 0.15) is 47.3 Å². The maximum atomic E-state index is 12.5. The van der Waals surface area contributed by atoms with E-state index >= 15 is 0 Å². The Labute approximate surface area is 160 Å². The number of nitrogen functional groups attached to an aromatic ring is 1. The summed E-state index contributed by atoms with van der Waals surface area (Å²) in [5.41, 5.74) is 9.74. The van der Waals surface area contributed by atoms with Crippen LogP contribution in [-0.2, 0) is 4.79 Å². The van der Waals surface area contributed by atoms with Gasteiger partial charge in [-0.15, -0.1) is 12.4 Å². The molecule has 138 valence electrons. The van der Waals surface area contributed by atoms with E-state index < -0.39 is 0 Å². The van der Waals surface area contributed by atoms with Crippen molar-refractivity contribution in [3.8, 4) is 0 Å². The SMILES string of the molecule is Cc1ccc(N)cc1C(=O)NC(C)c1ccc(N2CCCC2=O)cc1.Cl. The van der Waals surface area contributed by atoms with Crippen LogP contribution in [0.25, 0.3) is 0 Å². The van der Waals surface area contributed by atoms with Crippen LogP contribution in [0.3, 0.4) is 0 Å². The van der Waals surface area contributed by atoms with E-state index in [0.717, 1.165) is 29.8 Å². The Bertz CT molecular complexity index is 805. The normalized spacial score (nSPS) is 14.7. The van der Waals surface area contributed by atoms with Gasteiger partial charge >= 0.3 is 0 Å². The van der Waals surface area contributed by atoms with Crippen LogP contribution in [0.15, 0.2) is 42.5 Å². The number of rotatable bonds is 4. The van der Waals surface area contributed by atoms with Gasteiger partial charge in [0.25, 0.3) is 5.91 Å². The molecule has 0 bridgehead atoms. The van der Waals surface area contributed by atoms with E-state index in [1.807, 2.05) is 49.1 Å². The highest BCUT2D eigenvalue weighted by atomic mass is 35.5. The molecular formula is C20H24ClN3O2. The van der Waals surface area contributed by atoms with Gasteiger partial charge in [-0.2, -0.15) is 0 Å². The molecule has 1 aliphatic rings. The predicted molar refractivity (Wildman–Crippen MR) is 107 cm³/mol. The molecule has 0 aromatic heterocycles. The molecule has 26 heavy (non-hydrogen) atoms. The second-order valence-electron chi connectivity index (χ2n) is 6.51. The fraction of sp³-hybridized carbons (Fsp3) is 0.300. The molecule has 1 unspecified atom stereocenters. The van der Waals surface area contributed by atoms with Crippen molar-refractivity contribution in [2.45, 2.75) is 32.7 Å². The minimum Gasteiger partial charge on any atom is -0.399 e. The standard InChI is InChI=1S/C20H23N3O2.ClH/c1-13-5-8-16(21)12-18(13)20(25)22-14(2)15-6-9-17(10-7-15)23-11-3-4-19(23)24;/h5-10,12,14H,3-4,11,21H2,1-2H3,(H,22,25);1H. The van der Waals surface area contributed by atoms with E-state index in [1.54, 1.807) is 12.1 Å². The third-order valence-corrected chi connectivity index (χ3v) is 4.63. The van der Waals surface area contributed by atoms with Gasteiger partial charge in [0.05, 0.1) is 6.04 Å². The predicted octanol–water partition coefficient (Wildman–Crippen LogP) is 3.62. The Morgan fingerprint density at radius 3 is 2.50 bits per heavy atom. The van der Waals surface area contributed by atoms with Crippen molar-refractivity contribution in [3.05, 3.63) is 59.2 Å². The van der Waals surface area contributed by atoms with Crippen LogP contribution < -0.4 is 16.0 Å². The summed E-state index contributed by atoms with van der Waals surface area (Å²) in [6.45, 7) is 4.61. The quantitative estimate of drug-likeness (QED) is 0.804. The smallest absolute Gasteiger partial charge is 0.252 e. The van der Waals surface area contributed by atoms with E-state index in [1.165, 1.54) is 0 Å². The van der Waals surface area contributed by atoms with Crippen LogP contribution in [0.4, 0.5) is 11.4 Å². The maximum absolute atomic E-state index is 12.5. The lowest BCUT2D eigenvalue weighted by atomic mass is 10.0. The summed E-state index contributed by atoms with van der Waals surface area (Å²) in [5, 5.41) is 3.00. The lowest BCUT2D eigenvalue weighted by Gasteiger charge is -2.19. The zero-order valence-corrected chi connectivity index (χ0v) is 15.8. The summed E-state index contributed by atoms with van der Waals surface area (Å²) in [7, 11) is 0. The van der Waals surface area contributed by atoms with E-state index in [4.69, 9.17) is 5.73 Å².